The number of nitrogens with one attached hydrogen (secondary N) is 1. The average molecular weight is 400 g/mol. The average Bonchev–Trinajstić information content (AvgIpc) is 3.13. The SMILES string of the molecule is Cc1cc(C)c2oc(-c3ccc(NC(=O)C(C)(C)Oc4ccccc4)cc3)nc2c1. The predicted octanol–water partition coefficient (Wildman–Crippen LogP) is 5.91. The standard InChI is InChI=1S/C25H24N2O3/c1-16-14-17(2)22-21(15-16)27-23(29-22)18-10-12-19(13-11-18)26-24(28)25(3,4)30-20-8-6-5-7-9-20/h5-15H,1-4H3,(H,26,28). The highest BCUT2D eigenvalue weighted by Crippen LogP contribution is 2.28. The van der Waals surface area contributed by atoms with Gasteiger partial charge in [0.25, 0.3) is 5.91 Å². The van der Waals surface area contributed by atoms with Crippen LogP contribution >= 0.6 is 0 Å². The van der Waals surface area contributed by atoms with Crippen molar-refractivity contribution in [1.82, 2.24) is 4.98 Å². The van der Waals surface area contributed by atoms with E-state index in [1.807, 2.05) is 74.5 Å². The number of rotatable bonds is 5. The molecule has 5 nitrogen and oxygen atoms in total. The van der Waals surface area contributed by atoms with E-state index < -0.39 is 5.60 Å². The van der Waals surface area contributed by atoms with Gasteiger partial charge in [0, 0.05) is 11.3 Å². The number of carbonyl (C=O) groups excluding carboxylic acids is 1. The number of aryl methyl sites for hydroxylation is 2. The molecule has 1 amide bonds. The van der Waals surface area contributed by atoms with Crippen molar-refractivity contribution in [3.8, 4) is 17.2 Å². The van der Waals surface area contributed by atoms with Crippen molar-refractivity contribution in [1.29, 1.82) is 0 Å². The number of fused-ring (bicyclic) bond motifs is 1. The molecule has 30 heavy (non-hydrogen) atoms. The van der Waals surface area contributed by atoms with Crippen LogP contribution in [0.5, 0.6) is 5.75 Å². The molecule has 0 bridgehead atoms. The minimum absolute atomic E-state index is 0.230. The normalized spacial score (nSPS) is 11.5. The van der Waals surface area contributed by atoms with Crippen LogP contribution in [0.25, 0.3) is 22.6 Å². The number of nitrogens with zero attached hydrogens (tertiary/aromatic N) is 1. The molecule has 0 saturated carbocycles. The van der Waals surface area contributed by atoms with E-state index in [4.69, 9.17) is 9.15 Å². The number of carbonyl (C=O) groups is 1. The van der Waals surface area contributed by atoms with Gasteiger partial charge < -0.3 is 14.5 Å². The maximum absolute atomic E-state index is 12.7. The highest BCUT2D eigenvalue weighted by Gasteiger charge is 2.30. The second-order valence-electron chi connectivity index (χ2n) is 7.91. The Morgan fingerprint density at radius 1 is 1.00 bits per heavy atom. The molecule has 0 unspecified atom stereocenters. The Kier molecular flexibility index (Phi) is 5.04. The van der Waals surface area contributed by atoms with Crippen molar-refractivity contribution >= 4 is 22.7 Å². The molecule has 1 heterocycles. The molecule has 0 fully saturated rings. The van der Waals surface area contributed by atoms with Crippen LogP contribution in [0.15, 0.2) is 71.1 Å². The van der Waals surface area contributed by atoms with Crippen molar-refractivity contribution in [2.24, 2.45) is 0 Å². The third kappa shape index (κ3) is 4.06. The number of benzene rings is 3. The first-order valence-electron chi connectivity index (χ1n) is 9.85. The predicted molar refractivity (Wildman–Crippen MR) is 119 cm³/mol. The largest absolute Gasteiger partial charge is 0.478 e. The van der Waals surface area contributed by atoms with Gasteiger partial charge in [-0.15, -0.1) is 0 Å². The molecule has 4 aromatic rings. The van der Waals surface area contributed by atoms with Crippen LogP contribution < -0.4 is 10.1 Å². The molecule has 3 aromatic carbocycles. The fraction of sp³-hybridized carbons (Fsp3) is 0.200. The first kappa shape index (κ1) is 19.7. The third-order valence-corrected chi connectivity index (χ3v) is 4.87. The topological polar surface area (TPSA) is 64.4 Å². The van der Waals surface area contributed by atoms with E-state index in [0.29, 0.717) is 17.3 Å². The van der Waals surface area contributed by atoms with E-state index in [9.17, 15) is 4.79 Å². The second-order valence-corrected chi connectivity index (χ2v) is 7.91. The number of hydrogen-bond donors (Lipinski definition) is 1. The van der Waals surface area contributed by atoms with Crippen LogP contribution in [-0.2, 0) is 4.79 Å². The summed E-state index contributed by atoms with van der Waals surface area (Å²) in [6.07, 6.45) is 0. The molecule has 4 rings (SSSR count). The molecule has 0 spiro atoms. The molecule has 152 valence electrons. The lowest BCUT2D eigenvalue weighted by atomic mass is 10.1. The Morgan fingerprint density at radius 3 is 2.40 bits per heavy atom. The fourth-order valence-electron chi connectivity index (χ4n) is 3.31. The van der Waals surface area contributed by atoms with Gasteiger partial charge in [-0.05, 0) is 81.3 Å². The molecule has 0 atom stereocenters. The monoisotopic (exact) mass is 400 g/mol. The summed E-state index contributed by atoms with van der Waals surface area (Å²) in [6, 6.07) is 20.8. The molecule has 5 heteroatoms. The van der Waals surface area contributed by atoms with Gasteiger partial charge in [-0.1, -0.05) is 24.3 Å². The van der Waals surface area contributed by atoms with Crippen molar-refractivity contribution in [3.63, 3.8) is 0 Å². The Morgan fingerprint density at radius 2 is 1.70 bits per heavy atom. The van der Waals surface area contributed by atoms with Crippen LogP contribution in [0, 0.1) is 13.8 Å². The maximum Gasteiger partial charge on any atom is 0.267 e. The lowest BCUT2D eigenvalue weighted by molar-refractivity contribution is -0.128. The summed E-state index contributed by atoms with van der Waals surface area (Å²) in [5.74, 6) is 0.978. The van der Waals surface area contributed by atoms with E-state index in [-0.39, 0.29) is 5.91 Å². The molecule has 0 radical (unpaired) electrons. The number of aromatic nitrogens is 1. The molecule has 0 saturated heterocycles. The summed E-state index contributed by atoms with van der Waals surface area (Å²) in [6.45, 7) is 7.54. The number of anilines is 1. The van der Waals surface area contributed by atoms with E-state index >= 15 is 0 Å². The van der Waals surface area contributed by atoms with Gasteiger partial charge in [0.1, 0.15) is 11.3 Å². The zero-order valence-electron chi connectivity index (χ0n) is 17.5. The summed E-state index contributed by atoms with van der Waals surface area (Å²) < 4.78 is 11.8. The van der Waals surface area contributed by atoms with Crippen LogP contribution in [-0.4, -0.2) is 16.5 Å². The Labute approximate surface area is 175 Å². The molecule has 0 aliphatic heterocycles. The van der Waals surface area contributed by atoms with Crippen LogP contribution in [0.1, 0.15) is 25.0 Å². The van der Waals surface area contributed by atoms with E-state index in [1.165, 1.54) is 0 Å². The van der Waals surface area contributed by atoms with Crippen molar-refractivity contribution < 1.29 is 13.9 Å². The Balaban J connectivity index is 1.50. The van der Waals surface area contributed by atoms with Crippen molar-refractivity contribution in [2.75, 3.05) is 5.32 Å². The minimum Gasteiger partial charge on any atom is -0.478 e. The Bertz CT molecular complexity index is 1190. The first-order valence-corrected chi connectivity index (χ1v) is 9.85. The summed E-state index contributed by atoms with van der Waals surface area (Å²) in [5.41, 5.74) is 4.37. The summed E-state index contributed by atoms with van der Waals surface area (Å²) in [7, 11) is 0. The molecular weight excluding hydrogens is 376 g/mol. The van der Waals surface area contributed by atoms with Gasteiger partial charge in [0.05, 0.1) is 0 Å². The molecule has 0 aliphatic rings. The quantitative estimate of drug-likeness (QED) is 0.452. The highest BCUT2D eigenvalue weighted by atomic mass is 16.5. The lowest BCUT2D eigenvalue weighted by Gasteiger charge is -2.25. The van der Waals surface area contributed by atoms with Gasteiger partial charge in [-0.25, -0.2) is 4.98 Å². The second kappa shape index (κ2) is 7.67. The fourth-order valence-corrected chi connectivity index (χ4v) is 3.31. The lowest BCUT2D eigenvalue weighted by Crippen LogP contribution is -2.42. The zero-order valence-corrected chi connectivity index (χ0v) is 17.5. The van der Waals surface area contributed by atoms with Gasteiger partial charge >= 0.3 is 0 Å². The summed E-state index contributed by atoms with van der Waals surface area (Å²) in [4.78, 5) is 17.3. The number of ether oxygens (including phenoxy) is 1. The third-order valence-electron chi connectivity index (χ3n) is 4.87. The Hall–Kier alpha value is -3.60. The van der Waals surface area contributed by atoms with Crippen molar-refractivity contribution in [3.05, 3.63) is 77.9 Å². The first-order chi connectivity index (χ1) is 14.3. The molecule has 1 N–H and O–H groups in total. The van der Waals surface area contributed by atoms with E-state index in [2.05, 4.69) is 16.4 Å². The number of amides is 1. The van der Waals surface area contributed by atoms with E-state index in [0.717, 1.165) is 27.8 Å². The summed E-state index contributed by atoms with van der Waals surface area (Å²) in [5, 5.41) is 2.91. The highest BCUT2D eigenvalue weighted by molar-refractivity contribution is 5.97. The van der Waals surface area contributed by atoms with Gasteiger partial charge in [0.2, 0.25) is 5.89 Å². The maximum atomic E-state index is 12.7. The zero-order chi connectivity index (χ0) is 21.3. The number of oxazole rings is 1. The molecule has 0 aliphatic carbocycles. The number of para-hydroxylation sites is 1. The summed E-state index contributed by atoms with van der Waals surface area (Å²) >= 11 is 0. The van der Waals surface area contributed by atoms with Crippen LogP contribution in [0.2, 0.25) is 0 Å². The minimum atomic E-state index is -1.02. The molecule has 1 aromatic heterocycles. The van der Waals surface area contributed by atoms with Gasteiger partial charge in [0.15, 0.2) is 11.2 Å². The van der Waals surface area contributed by atoms with E-state index in [1.54, 1.807) is 13.8 Å². The van der Waals surface area contributed by atoms with Crippen LogP contribution in [0.3, 0.4) is 0 Å². The van der Waals surface area contributed by atoms with Gasteiger partial charge in [-0.3, -0.25) is 4.79 Å². The molecular formula is C25H24N2O3. The van der Waals surface area contributed by atoms with Crippen LogP contribution in [0.4, 0.5) is 5.69 Å². The van der Waals surface area contributed by atoms with Crippen molar-refractivity contribution in [2.45, 2.75) is 33.3 Å². The number of hydrogen-bond acceptors (Lipinski definition) is 4. The smallest absolute Gasteiger partial charge is 0.267 e. The van der Waals surface area contributed by atoms with Gasteiger partial charge in [-0.2, -0.15) is 0 Å².